The monoisotopic (exact) mass is 499 g/mol. The number of aromatic nitrogens is 2. The summed E-state index contributed by atoms with van der Waals surface area (Å²) >= 11 is 0. The number of ether oxygens (including phenoxy) is 1. The normalized spacial score (nSPS) is 14.6. The summed E-state index contributed by atoms with van der Waals surface area (Å²) in [5, 5.41) is 3.21. The van der Waals surface area contributed by atoms with Crippen molar-refractivity contribution in [2.24, 2.45) is 4.99 Å². The highest BCUT2D eigenvalue weighted by molar-refractivity contribution is 7.92. The zero-order valence-electron chi connectivity index (χ0n) is 19.1. The molecular formula is C24H23F2N5O3S. The van der Waals surface area contributed by atoms with Gasteiger partial charge in [-0.25, -0.2) is 22.2 Å². The van der Waals surface area contributed by atoms with Gasteiger partial charge in [-0.05, 0) is 29.8 Å². The second-order valence-corrected chi connectivity index (χ2v) is 10.5. The molecule has 0 spiro atoms. The Labute approximate surface area is 201 Å². The van der Waals surface area contributed by atoms with Crippen LogP contribution in [0.25, 0.3) is 0 Å². The average molecular weight is 500 g/mol. The first-order valence-corrected chi connectivity index (χ1v) is 12.8. The molecular weight excluding hydrogens is 476 g/mol. The number of nitrogens with zero attached hydrogens (tertiary/aromatic N) is 4. The lowest BCUT2D eigenvalue weighted by molar-refractivity contribution is 0.134. The summed E-state index contributed by atoms with van der Waals surface area (Å²) in [5.74, 6) is 0. The van der Waals surface area contributed by atoms with Gasteiger partial charge in [0.05, 0.1) is 47.9 Å². The molecule has 11 heteroatoms. The van der Waals surface area contributed by atoms with Gasteiger partial charge in [0.15, 0.2) is 0 Å². The molecule has 0 fully saturated rings. The molecule has 0 aliphatic carbocycles. The summed E-state index contributed by atoms with van der Waals surface area (Å²) in [4.78, 5) is 13.2. The fraction of sp³-hybridized carbons (Fsp3) is 0.292. The number of sulfonamides is 1. The van der Waals surface area contributed by atoms with Crippen LogP contribution in [0.1, 0.15) is 28.2 Å². The van der Waals surface area contributed by atoms with E-state index in [1.807, 2.05) is 6.07 Å². The molecule has 1 aromatic carbocycles. The van der Waals surface area contributed by atoms with Crippen LogP contribution in [-0.2, 0) is 40.8 Å². The van der Waals surface area contributed by atoms with Crippen molar-refractivity contribution in [3.63, 3.8) is 0 Å². The molecule has 8 nitrogen and oxygen atoms in total. The van der Waals surface area contributed by atoms with E-state index in [4.69, 9.17) is 4.74 Å². The highest BCUT2D eigenvalue weighted by Crippen LogP contribution is 2.39. The summed E-state index contributed by atoms with van der Waals surface area (Å²) in [6.45, 7) is 1.08. The minimum Gasteiger partial charge on any atom is -0.372 e. The van der Waals surface area contributed by atoms with Gasteiger partial charge in [-0.1, -0.05) is 12.1 Å². The fourth-order valence-corrected chi connectivity index (χ4v) is 4.65. The van der Waals surface area contributed by atoms with Crippen LogP contribution in [0.4, 0.5) is 31.5 Å². The summed E-state index contributed by atoms with van der Waals surface area (Å²) in [6, 6.07) is 10.6. The van der Waals surface area contributed by atoms with E-state index >= 15 is 0 Å². The van der Waals surface area contributed by atoms with Crippen molar-refractivity contribution in [1.82, 2.24) is 9.97 Å². The van der Waals surface area contributed by atoms with E-state index < -0.39 is 16.4 Å². The van der Waals surface area contributed by atoms with Crippen molar-refractivity contribution in [1.29, 1.82) is 0 Å². The Morgan fingerprint density at radius 1 is 1.11 bits per heavy atom. The van der Waals surface area contributed by atoms with Gasteiger partial charge < -0.3 is 10.1 Å². The highest BCUT2D eigenvalue weighted by Gasteiger charge is 2.27. The van der Waals surface area contributed by atoms with Crippen molar-refractivity contribution in [2.75, 3.05) is 22.9 Å². The third-order valence-electron chi connectivity index (χ3n) is 6.00. The van der Waals surface area contributed by atoms with Gasteiger partial charge in [-0.3, -0.25) is 14.3 Å². The molecule has 0 atom stereocenters. The molecule has 0 amide bonds. The Bertz CT molecular complexity index is 1440. The molecule has 5 rings (SSSR count). The number of fused-ring (bicyclic) bond motifs is 2. The molecule has 0 unspecified atom stereocenters. The number of pyridine rings is 2. The average Bonchev–Trinajstić information content (AvgIpc) is 3.45. The predicted molar refractivity (Wildman–Crippen MR) is 130 cm³/mol. The maximum Gasteiger partial charge on any atom is 0.277 e. The number of alkyl halides is 2. The Morgan fingerprint density at radius 3 is 2.66 bits per heavy atom. The second-order valence-electron chi connectivity index (χ2n) is 8.52. The van der Waals surface area contributed by atoms with Crippen LogP contribution < -0.4 is 9.62 Å². The number of nitrogens with one attached hydrogen (secondary N) is 1. The molecule has 2 aromatic heterocycles. The van der Waals surface area contributed by atoms with Gasteiger partial charge >= 0.3 is 0 Å². The van der Waals surface area contributed by atoms with Crippen LogP contribution in [0.2, 0.25) is 0 Å². The van der Waals surface area contributed by atoms with Gasteiger partial charge in [0, 0.05) is 43.0 Å². The van der Waals surface area contributed by atoms with Crippen LogP contribution in [-0.4, -0.2) is 43.8 Å². The zero-order valence-corrected chi connectivity index (χ0v) is 19.9. The van der Waals surface area contributed by atoms with Crippen molar-refractivity contribution in [3.05, 3.63) is 70.8 Å². The summed E-state index contributed by atoms with van der Waals surface area (Å²) < 4.78 is 57.8. The van der Waals surface area contributed by atoms with E-state index in [1.54, 1.807) is 36.5 Å². The number of hydrogen-bond acceptors (Lipinski definition) is 7. The van der Waals surface area contributed by atoms with E-state index in [1.165, 1.54) is 7.05 Å². The number of benzene rings is 1. The maximum absolute atomic E-state index is 13.5. The van der Waals surface area contributed by atoms with Crippen LogP contribution in [0.5, 0.6) is 0 Å². The lowest BCUT2D eigenvalue weighted by Crippen LogP contribution is -2.25. The van der Waals surface area contributed by atoms with E-state index in [9.17, 15) is 17.2 Å². The van der Waals surface area contributed by atoms with Gasteiger partial charge in [0.2, 0.25) is 10.0 Å². The van der Waals surface area contributed by atoms with Crippen LogP contribution >= 0.6 is 0 Å². The quantitative estimate of drug-likeness (QED) is 0.525. The number of halogens is 2. The van der Waals surface area contributed by atoms with Gasteiger partial charge in [-0.2, -0.15) is 0 Å². The molecule has 0 saturated heterocycles. The highest BCUT2D eigenvalue weighted by atomic mass is 32.2. The molecule has 2 aliphatic heterocycles. The number of para-hydroxylation sites is 2. The molecule has 182 valence electrons. The first-order chi connectivity index (χ1) is 16.7. The number of anilines is 3. The summed E-state index contributed by atoms with van der Waals surface area (Å²) in [6.07, 6.45) is 0.553. The zero-order chi connectivity index (χ0) is 24.7. The Morgan fingerprint density at radius 2 is 1.89 bits per heavy atom. The smallest absolute Gasteiger partial charge is 0.277 e. The number of aliphatic imine (C=N–C) groups is 1. The molecule has 0 saturated carbocycles. The minimum atomic E-state index is -3.52. The predicted octanol–water partition coefficient (Wildman–Crippen LogP) is 4.13. The van der Waals surface area contributed by atoms with Crippen molar-refractivity contribution in [2.45, 2.75) is 32.5 Å². The second kappa shape index (κ2) is 8.97. The molecule has 35 heavy (non-hydrogen) atoms. The lowest BCUT2D eigenvalue weighted by atomic mass is 10.1. The summed E-state index contributed by atoms with van der Waals surface area (Å²) in [7, 11) is -2.07. The van der Waals surface area contributed by atoms with E-state index in [2.05, 4.69) is 20.3 Å². The number of rotatable bonds is 7. The Balaban J connectivity index is 1.54. The third-order valence-corrected chi connectivity index (χ3v) is 7.19. The SMILES string of the molecule is CN(c1ccccc1Nc1cc(Cc2cc3c(cn2)COC3)nc2c1N=C(C(F)F)C2)S(C)(=O)=O. The Kier molecular flexibility index (Phi) is 5.97. The Hall–Kier alpha value is -3.44. The first-order valence-electron chi connectivity index (χ1n) is 10.9. The molecule has 0 bridgehead atoms. The topological polar surface area (TPSA) is 96.8 Å². The largest absolute Gasteiger partial charge is 0.372 e. The van der Waals surface area contributed by atoms with Crippen molar-refractivity contribution in [3.8, 4) is 0 Å². The fourth-order valence-electron chi connectivity index (χ4n) is 4.13. The van der Waals surface area contributed by atoms with E-state index in [0.717, 1.165) is 27.4 Å². The molecule has 2 aliphatic rings. The molecule has 3 aromatic rings. The van der Waals surface area contributed by atoms with Crippen molar-refractivity contribution < 1.29 is 21.9 Å². The van der Waals surface area contributed by atoms with Crippen molar-refractivity contribution >= 4 is 38.5 Å². The summed E-state index contributed by atoms with van der Waals surface area (Å²) in [5.41, 5.74) is 5.47. The van der Waals surface area contributed by atoms with E-state index in [-0.39, 0.29) is 12.1 Å². The van der Waals surface area contributed by atoms with Gasteiger partial charge in [-0.15, -0.1) is 0 Å². The van der Waals surface area contributed by atoms with Gasteiger partial charge in [0.25, 0.3) is 6.43 Å². The molecule has 1 N–H and O–H groups in total. The van der Waals surface area contributed by atoms with Gasteiger partial charge in [0.1, 0.15) is 5.69 Å². The molecule has 0 radical (unpaired) electrons. The lowest BCUT2D eigenvalue weighted by Gasteiger charge is -2.21. The standard InChI is InChI=1S/C24H23F2N5O3S/c1-31(35(2,32)33)22-6-4-3-5-18(22)29-19-9-17(28-20-10-21(24(25)26)30-23(19)20)8-16-7-14-12-34-13-15(14)11-27-16/h3-7,9,11,24H,8,10,12-13H2,1-2H3,(H,28,29). The third kappa shape index (κ3) is 4.73. The minimum absolute atomic E-state index is 0.0497. The van der Waals surface area contributed by atoms with Crippen LogP contribution in [0.3, 0.4) is 0 Å². The maximum atomic E-state index is 13.5. The first kappa shape index (κ1) is 23.3. The van der Waals surface area contributed by atoms with Crippen LogP contribution in [0, 0.1) is 0 Å². The number of hydrogen-bond donors (Lipinski definition) is 1. The van der Waals surface area contributed by atoms with E-state index in [0.29, 0.717) is 53.8 Å². The molecule has 4 heterocycles. The van der Waals surface area contributed by atoms with Crippen LogP contribution in [0.15, 0.2) is 47.6 Å².